The maximum Gasteiger partial charge on any atom is 0.435 e. The molecule has 4 rings (SSSR count). The number of piperidine rings is 1. The second-order valence-electron chi connectivity index (χ2n) is 10.9. The van der Waals surface area contributed by atoms with E-state index in [2.05, 4.69) is 10.4 Å². The summed E-state index contributed by atoms with van der Waals surface area (Å²) in [6, 6.07) is 12.5. The zero-order valence-corrected chi connectivity index (χ0v) is 26.6. The molecule has 1 aliphatic rings. The number of carbonyl (C=O) groups is 2. The van der Waals surface area contributed by atoms with Gasteiger partial charge in [-0.05, 0) is 37.3 Å². The van der Waals surface area contributed by atoms with Gasteiger partial charge in [0.2, 0.25) is 5.28 Å². The van der Waals surface area contributed by atoms with E-state index in [9.17, 15) is 36.4 Å². The number of aromatic nitrogens is 2. The highest BCUT2D eigenvalue weighted by Crippen LogP contribution is 2.33. The third kappa shape index (κ3) is 9.11. The molecule has 0 aliphatic carbocycles. The molecule has 1 N–H and O–H groups in total. The van der Waals surface area contributed by atoms with Gasteiger partial charge < -0.3 is 14.7 Å². The maximum absolute atomic E-state index is 13.5. The van der Waals surface area contributed by atoms with Crippen molar-refractivity contribution >= 4 is 22.1 Å². The summed E-state index contributed by atoms with van der Waals surface area (Å²) in [6.07, 6.45) is -7.43. The number of hydrazine groups is 1. The average molecular weight is 683 g/mol. The summed E-state index contributed by atoms with van der Waals surface area (Å²) in [5.74, 6) is -0.912. The number of hydrogen-bond donors (Lipinski definition) is 1. The van der Waals surface area contributed by atoms with E-state index in [0.717, 1.165) is 28.4 Å². The molecule has 254 valence electrons. The molecule has 47 heavy (non-hydrogen) atoms. The van der Waals surface area contributed by atoms with Gasteiger partial charge >= 0.3 is 18.2 Å². The summed E-state index contributed by atoms with van der Waals surface area (Å²) in [4.78, 5) is 28.8. The molecule has 14 nitrogen and oxygen atoms in total. The molecule has 1 unspecified atom stereocenters. The minimum Gasteiger partial charge on any atom is -0.569 e. The molecule has 1 aliphatic heterocycles. The summed E-state index contributed by atoms with van der Waals surface area (Å²) in [5, 5.41) is 20.5. The lowest BCUT2D eigenvalue weighted by Crippen LogP contribution is -2.43. The van der Waals surface area contributed by atoms with Gasteiger partial charge in [0.25, 0.3) is 16.3 Å². The lowest BCUT2D eigenvalue weighted by atomic mass is 10.1. The minimum absolute atomic E-state index is 0.0940. The van der Waals surface area contributed by atoms with E-state index in [1.807, 2.05) is 11.6 Å². The second kappa shape index (κ2) is 14.3. The zero-order chi connectivity index (χ0) is 34.5. The molecule has 2 heterocycles. The van der Waals surface area contributed by atoms with Crippen molar-refractivity contribution in [1.29, 1.82) is 0 Å². The van der Waals surface area contributed by atoms with Crippen LogP contribution in [0.1, 0.15) is 44.9 Å². The first-order chi connectivity index (χ1) is 22.0. The van der Waals surface area contributed by atoms with Crippen LogP contribution in [0.25, 0.3) is 16.9 Å². The van der Waals surface area contributed by atoms with E-state index in [1.54, 1.807) is 38.1 Å². The Balaban J connectivity index is 1.35. The van der Waals surface area contributed by atoms with Crippen molar-refractivity contribution in [3.05, 3.63) is 71.1 Å². The Morgan fingerprint density at radius 2 is 1.68 bits per heavy atom. The largest absolute Gasteiger partial charge is 0.569 e. The molecule has 1 atom stereocenters. The van der Waals surface area contributed by atoms with Crippen LogP contribution >= 0.6 is 0 Å². The number of nitrogens with one attached hydrogen (secondary N) is 1. The van der Waals surface area contributed by atoms with Crippen molar-refractivity contribution in [2.24, 2.45) is 11.2 Å². The fourth-order valence-electron chi connectivity index (χ4n) is 4.37. The number of sulfonamides is 1. The molecule has 1 aromatic heterocycles. The number of alkyl halides is 3. The zero-order valence-electron chi connectivity index (χ0n) is 25.8. The molecule has 18 heteroatoms. The summed E-state index contributed by atoms with van der Waals surface area (Å²) >= 11 is 0. The lowest BCUT2D eigenvalue weighted by Gasteiger charge is -2.28. The SMILES string of the molecule is Cc1ccc(-c2cc(C(F)(F)F)nn2-c2ccc(S(=O)(=O)NC(=O)OC3CCN(/[N+]([O-])=N\OC(C)OC(=O)C(C)C)CC3)cc2)cc1. The van der Waals surface area contributed by atoms with Crippen molar-refractivity contribution in [1.82, 2.24) is 19.5 Å². The highest BCUT2D eigenvalue weighted by Gasteiger charge is 2.35. The van der Waals surface area contributed by atoms with Crippen molar-refractivity contribution in [3.63, 3.8) is 0 Å². The quantitative estimate of drug-likeness (QED) is 0.0999. The third-order valence-corrected chi connectivity index (χ3v) is 8.24. The Morgan fingerprint density at radius 1 is 1.06 bits per heavy atom. The van der Waals surface area contributed by atoms with Crippen molar-refractivity contribution in [2.45, 2.75) is 64.0 Å². The van der Waals surface area contributed by atoms with Crippen LogP contribution in [-0.2, 0) is 35.3 Å². The van der Waals surface area contributed by atoms with Crippen LogP contribution in [0.5, 0.6) is 0 Å². The number of esters is 1. The van der Waals surface area contributed by atoms with Crippen molar-refractivity contribution in [2.75, 3.05) is 13.1 Å². The van der Waals surface area contributed by atoms with Crippen LogP contribution < -0.4 is 4.72 Å². The first-order valence-corrected chi connectivity index (χ1v) is 15.9. The van der Waals surface area contributed by atoms with E-state index in [-0.39, 0.29) is 53.1 Å². The molecule has 0 saturated carbocycles. The van der Waals surface area contributed by atoms with E-state index in [0.29, 0.717) is 5.56 Å². The Morgan fingerprint density at radius 3 is 2.26 bits per heavy atom. The van der Waals surface area contributed by atoms with Gasteiger partial charge in [0.1, 0.15) is 6.10 Å². The molecular weight excluding hydrogens is 649 g/mol. The molecular formula is C29H33F3N6O8S. The Kier molecular flexibility index (Phi) is 10.6. The van der Waals surface area contributed by atoms with E-state index in [4.69, 9.17) is 14.3 Å². The number of aryl methyl sites for hydroxylation is 1. The van der Waals surface area contributed by atoms with Crippen LogP contribution in [-0.4, -0.2) is 65.7 Å². The number of halogens is 3. The predicted octanol–water partition coefficient (Wildman–Crippen LogP) is 5.10. The topological polar surface area (TPSA) is 167 Å². The van der Waals surface area contributed by atoms with E-state index in [1.165, 1.54) is 24.1 Å². The smallest absolute Gasteiger partial charge is 0.435 e. The number of benzene rings is 2. The van der Waals surface area contributed by atoms with E-state index >= 15 is 0 Å². The lowest BCUT2D eigenvalue weighted by molar-refractivity contribution is -0.715. The van der Waals surface area contributed by atoms with E-state index < -0.39 is 46.4 Å². The number of amides is 1. The second-order valence-corrected chi connectivity index (χ2v) is 12.6. The highest BCUT2D eigenvalue weighted by atomic mass is 32.2. The summed E-state index contributed by atoms with van der Waals surface area (Å²) in [7, 11) is -4.42. The summed E-state index contributed by atoms with van der Waals surface area (Å²) in [5.41, 5.74) is 0.551. The fraction of sp³-hybridized carbons (Fsp3) is 0.414. The Hall–Kier alpha value is -4.87. The molecule has 1 saturated heterocycles. The van der Waals surface area contributed by atoms with Gasteiger partial charge in [-0.1, -0.05) is 43.7 Å². The number of ether oxygens (including phenoxy) is 2. The standard InChI is InChI=1S/C29H33F3N6O8S/c1-18(2)27(39)44-20(4)46-35-38(41)36-15-13-23(14-16-36)45-28(40)34-47(42,43)24-11-9-22(10-12-24)37-25(17-26(33-37)29(30,31)32)21-7-5-19(3)6-8-21/h5-12,17-18,20,23H,13-16H2,1-4H3,(H,34,40)/b38-35+. The monoisotopic (exact) mass is 682 g/mol. The normalized spacial score (nSPS) is 15.3. The number of carbonyl (C=O) groups excluding carboxylic acids is 2. The molecule has 1 amide bonds. The van der Waals surface area contributed by atoms with Crippen LogP contribution in [0.15, 0.2) is 64.8 Å². The molecule has 2 aromatic carbocycles. The minimum atomic E-state index is -4.71. The number of nitrogens with zero attached hydrogens (tertiary/aromatic N) is 5. The first-order valence-electron chi connectivity index (χ1n) is 14.4. The predicted molar refractivity (Wildman–Crippen MR) is 158 cm³/mol. The van der Waals surface area contributed by atoms with Crippen LogP contribution in [0.4, 0.5) is 18.0 Å². The van der Waals surface area contributed by atoms with Crippen molar-refractivity contribution < 1.29 is 50.5 Å². The fourth-order valence-corrected chi connectivity index (χ4v) is 5.25. The van der Waals surface area contributed by atoms with Gasteiger partial charge in [-0.2, -0.15) is 18.3 Å². The molecule has 3 aromatic rings. The Bertz CT molecular complexity index is 1700. The van der Waals surface area contributed by atoms with Gasteiger partial charge in [-0.15, -0.1) is 5.01 Å². The molecule has 0 bridgehead atoms. The van der Waals surface area contributed by atoms with Gasteiger partial charge in [0.05, 0.1) is 40.3 Å². The van der Waals surface area contributed by atoms with Gasteiger partial charge in [0, 0.05) is 25.3 Å². The van der Waals surface area contributed by atoms with Crippen LogP contribution in [0.3, 0.4) is 0 Å². The van der Waals surface area contributed by atoms with Crippen molar-refractivity contribution in [3.8, 4) is 16.9 Å². The Labute approximate surface area is 268 Å². The van der Waals surface area contributed by atoms with Gasteiger partial charge in [-0.3, -0.25) is 9.63 Å². The van der Waals surface area contributed by atoms with Crippen LogP contribution in [0.2, 0.25) is 0 Å². The third-order valence-electron chi connectivity index (χ3n) is 6.91. The first kappa shape index (κ1) is 35.0. The number of hydrogen-bond acceptors (Lipinski definition) is 10. The molecule has 1 fully saturated rings. The summed E-state index contributed by atoms with van der Waals surface area (Å²) in [6.45, 7) is 6.69. The van der Waals surface area contributed by atoms with Gasteiger partial charge in [0.15, 0.2) is 5.69 Å². The van der Waals surface area contributed by atoms with Crippen LogP contribution in [0, 0.1) is 18.0 Å². The maximum atomic E-state index is 13.5. The molecule has 0 spiro atoms. The van der Waals surface area contributed by atoms with Gasteiger partial charge in [-0.25, -0.2) is 22.6 Å². The number of rotatable bonds is 10. The summed E-state index contributed by atoms with van der Waals surface area (Å²) < 4.78 is 79.3. The average Bonchev–Trinajstić information content (AvgIpc) is 3.47. The molecule has 0 radical (unpaired) electrons. The highest BCUT2D eigenvalue weighted by molar-refractivity contribution is 7.90.